The standard InChI is InChI=1S/C16H12ClF3N2O3/c1-25-14(23)10-4-2-3-5-12(10)21-15(24)22-13-8-9(16(18,19)20)6-7-11(13)17/h2-8H,1H3,(H2,21,22,24). The average molecular weight is 373 g/mol. The molecule has 25 heavy (non-hydrogen) atoms. The highest BCUT2D eigenvalue weighted by Gasteiger charge is 2.31. The van der Waals surface area contributed by atoms with E-state index in [0.717, 1.165) is 12.1 Å². The molecule has 0 radical (unpaired) electrons. The van der Waals surface area contributed by atoms with Crippen molar-refractivity contribution in [1.29, 1.82) is 0 Å². The smallest absolute Gasteiger partial charge is 0.416 e. The van der Waals surface area contributed by atoms with Crippen molar-refractivity contribution in [2.75, 3.05) is 17.7 Å². The summed E-state index contributed by atoms with van der Waals surface area (Å²) in [5, 5.41) is 4.52. The second-order valence-corrected chi connectivity index (χ2v) is 5.22. The lowest BCUT2D eigenvalue weighted by Crippen LogP contribution is -2.21. The number of carbonyl (C=O) groups is 2. The van der Waals surface area contributed by atoms with Crippen LogP contribution in [0.2, 0.25) is 5.02 Å². The van der Waals surface area contributed by atoms with Crippen LogP contribution < -0.4 is 10.6 Å². The van der Waals surface area contributed by atoms with Crippen LogP contribution in [0, 0.1) is 0 Å². The van der Waals surface area contributed by atoms with E-state index in [2.05, 4.69) is 15.4 Å². The Hall–Kier alpha value is -2.74. The lowest BCUT2D eigenvalue weighted by atomic mass is 10.2. The van der Waals surface area contributed by atoms with E-state index >= 15 is 0 Å². The number of hydrogen-bond acceptors (Lipinski definition) is 3. The van der Waals surface area contributed by atoms with Crippen molar-refractivity contribution in [3.8, 4) is 0 Å². The number of nitrogens with one attached hydrogen (secondary N) is 2. The topological polar surface area (TPSA) is 67.4 Å². The molecule has 2 aromatic carbocycles. The molecule has 2 N–H and O–H groups in total. The van der Waals surface area contributed by atoms with E-state index in [0.29, 0.717) is 6.07 Å². The largest absolute Gasteiger partial charge is 0.465 e. The number of anilines is 2. The molecule has 0 saturated carbocycles. The highest BCUT2D eigenvalue weighted by Crippen LogP contribution is 2.33. The number of esters is 1. The van der Waals surface area contributed by atoms with Gasteiger partial charge in [0.05, 0.1) is 34.6 Å². The summed E-state index contributed by atoms with van der Waals surface area (Å²) in [4.78, 5) is 23.7. The molecule has 0 saturated heterocycles. The van der Waals surface area contributed by atoms with Crippen molar-refractivity contribution in [1.82, 2.24) is 0 Å². The number of hydrogen-bond donors (Lipinski definition) is 2. The number of rotatable bonds is 3. The molecule has 0 aromatic heterocycles. The third-order valence-electron chi connectivity index (χ3n) is 3.12. The maximum absolute atomic E-state index is 12.7. The lowest BCUT2D eigenvalue weighted by molar-refractivity contribution is -0.137. The lowest BCUT2D eigenvalue weighted by Gasteiger charge is -2.13. The molecule has 0 aliphatic heterocycles. The Morgan fingerprint density at radius 3 is 2.32 bits per heavy atom. The normalized spacial score (nSPS) is 10.9. The first-order chi connectivity index (χ1) is 11.7. The summed E-state index contributed by atoms with van der Waals surface area (Å²) in [7, 11) is 1.18. The Kier molecular flexibility index (Phi) is 5.53. The first kappa shape index (κ1) is 18.6. The van der Waals surface area contributed by atoms with Crippen LogP contribution in [0.25, 0.3) is 0 Å². The summed E-state index contributed by atoms with van der Waals surface area (Å²) in [6.45, 7) is 0. The van der Waals surface area contributed by atoms with E-state index in [1.807, 2.05) is 0 Å². The summed E-state index contributed by atoms with van der Waals surface area (Å²) in [5.41, 5.74) is -0.947. The molecule has 0 spiro atoms. The number of ether oxygens (including phenoxy) is 1. The molecule has 132 valence electrons. The van der Waals surface area contributed by atoms with Crippen LogP contribution in [0.3, 0.4) is 0 Å². The zero-order valence-electron chi connectivity index (χ0n) is 12.8. The average Bonchev–Trinajstić information content (AvgIpc) is 2.55. The molecule has 0 bridgehead atoms. The number of alkyl halides is 3. The van der Waals surface area contributed by atoms with Crippen molar-refractivity contribution < 1.29 is 27.5 Å². The predicted molar refractivity (Wildman–Crippen MR) is 86.9 cm³/mol. The second kappa shape index (κ2) is 7.43. The Balaban J connectivity index is 2.21. The minimum Gasteiger partial charge on any atom is -0.465 e. The SMILES string of the molecule is COC(=O)c1ccccc1NC(=O)Nc1cc(C(F)(F)F)ccc1Cl. The fraction of sp³-hybridized carbons (Fsp3) is 0.125. The molecule has 0 aliphatic rings. The third kappa shape index (κ3) is 4.63. The molecule has 9 heteroatoms. The Morgan fingerprint density at radius 1 is 1.04 bits per heavy atom. The first-order valence-corrected chi connectivity index (χ1v) is 7.22. The summed E-state index contributed by atoms with van der Waals surface area (Å²) in [5.74, 6) is -0.673. The molecule has 2 amide bonds. The number of urea groups is 1. The molecule has 0 atom stereocenters. The van der Waals surface area contributed by atoms with Crippen LogP contribution in [0.5, 0.6) is 0 Å². The van der Waals surface area contributed by atoms with Gasteiger partial charge < -0.3 is 15.4 Å². The number of methoxy groups -OCH3 is 1. The van der Waals surface area contributed by atoms with Gasteiger partial charge in [-0.25, -0.2) is 9.59 Å². The number of amides is 2. The molecule has 0 unspecified atom stereocenters. The van der Waals surface area contributed by atoms with Gasteiger partial charge >= 0.3 is 18.2 Å². The summed E-state index contributed by atoms with van der Waals surface area (Å²) in [6.07, 6.45) is -4.57. The molecule has 5 nitrogen and oxygen atoms in total. The summed E-state index contributed by atoms with van der Waals surface area (Å²) < 4.78 is 42.8. The van der Waals surface area contributed by atoms with Gasteiger partial charge in [0, 0.05) is 0 Å². The first-order valence-electron chi connectivity index (χ1n) is 6.84. The van der Waals surface area contributed by atoms with Gasteiger partial charge in [-0.1, -0.05) is 23.7 Å². The van der Waals surface area contributed by atoms with Crippen LogP contribution in [-0.2, 0) is 10.9 Å². The van der Waals surface area contributed by atoms with Gasteiger partial charge in [0.1, 0.15) is 0 Å². The van der Waals surface area contributed by atoms with Gasteiger partial charge in [-0.3, -0.25) is 0 Å². The van der Waals surface area contributed by atoms with E-state index in [-0.39, 0.29) is 22.0 Å². The van der Waals surface area contributed by atoms with Crippen LogP contribution in [0.1, 0.15) is 15.9 Å². The maximum Gasteiger partial charge on any atom is 0.416 e. The summed E-state index contributed by atoms with van der Waals surface area (Å²) >= 11 is 5.81. The fourth-order valence-corrected chi connectivity index (χ4v) is 2.12. The fourth-order valence-electron chi connectivity index (χ4n) is 1.95. The minimum atomic E-state index is -4.57. The van der Waals surface area contributed by atoms with Gasteiger partial charge in [-0.05, 0) is 30.3 Å². The van der Waals surface area contributed by atoms with Gasteiger partial charge in [-0.2, -0.15) is 13.2 Å². The zero-order chi connectivity index (χ0) is 18.6. The molecule has 0 fully saturated rings. The predicted octanol–water partition coefficient (Wildman–Crippen LogP) is 4.79. The van der Waals surface area contributed by atoms with Crippen molar-refractivity contribution >= 4 is 35.0 Å². The highest BCUT2D eigenvalue weighted by atomic mass is 35.5. The number of benzene rings is 2. The Bertz CT molecular complexity index is 809. The van der Waals surface area contributed by atoms with Crippen LogP contribution in [0.15, 0.2) is 42.5 Å². The zero-order valence-corrected chi connectivity index (χ0v) is 13.5. The van der Waals surface area contributed by atoms with E-state index in [1.54, 1.807) is 12.1 Å². The van der Waals surface area contributed by atoms with Crippen LogP contribution in [0.4, 0.5) is 29.3 Å². The van der Waals surface area contributed by atoms with E-state index in [1.165, 1.54) is 19.2 Å². The van der Waals surface area contributed by atoms with Crippen molar-refractivity contribution in [3.05, 3.63) is 58.6 Å². The van der Waals surface area contributed by atoms with E-state index in [4.69, 9.17) is 11.6 Å². The third-order valence-corrected chi connectivity index (χ3v) is 3.45. The number of para-hydroxylation sites is 1. The van der Waals surface area contributed by atoms with Crippen LogP contribution >= 0.6 is 11.6 Å². The van der Waals surface area contributed by atoms with E-state index in [9.17, 15) is 22.8 Å². The molecule has 2 aromatic rings. The van der Waals surface area contributed by atoms with Crippen molar-refractivity contribution in [3.63, 3.8) is 0 Å². The highest BCUT2D eigenvalue weighted by molar-refractivity contribution is 6.33. The monoisotopic (exact) mass is 372 g/mol. The molecule has 0 aliphatic carbocycles. The van der Waals surface area contributed by atoms with Gasteiger partial charge in [-0.15, -0.1) is 0 Å². The quantitative estimate of drug-likeness (QED) is 0.761. The molecular formula is C16H12ClF3N2O3. The molecule has 0 heterocycles. The summed E-state index contributed by atoms with van der Waals surface area (Å²) in [6, 6.07) is 7.70. The minimum absolute atomic E-state index is 0.0654. The van der Waals surface area contributed by atoms with Crippen molar-refractivity contribution in [2.24, 2.45) is 0 Å². The second-order valence-electron chi connectivity index (χ2n) is 4.81. The Labute approximate surface area is 145 Å². The number of halogens is 4. The van der Waals surface area contributed by atoms with Crippen LogP contribution in [-0.4, -0.2) is 19.1 Å². The van der Waals surface area contributed by atoms with E-state index < -0.39 is 23.7 Å². The molecule has 2 rings (SSSR count). The molecular weight excluding hydrogens is 361 g/mol. The van der Waals surface area contributed by atoms with Gasteiger partial charge in [0.15, 0.2) is 0 Å². The van der Waals surface area contributed by atoms with Crippen molar-refractivity contribution in [2.45, 2.75) is 6.18 Å². The maximum atomic E-state index is 12.7. The number of carbonyl (C=O) groups excluding carboxylic acids is 2. The Morgan fingerprint density at radius 2 is 1.68 bits per heavy atom. The van der Waals surface area contributed by atoms with Gasteiger partial charge in [0.25, 0.3) is 0 Å². The van der Waals surface area contributed by atoms with Gasteiger partial charge in [0.2, 0.25) is 0 Å².